The molecule has 0 saturated carbocycles. The summed E-state index contributed by atoms with van der Waals surface area (Å²) >= 11 is 0. The van der Waals surface area contributed by atoms with Crippen LogP contribution in [0.1, 0.15) is 41.8 Å². The van der Waals surface area contributed by atoms with Crippen LogP contribution in [0.25, 0.3) is 0 Å². The van der Waals surface area contributed by atoms with Gasteiger partial charge in [-0.2, -0.15) is 0 Å². The molecule has 1 aromatic rings. The van der Waals surface area contributed by atoms with Gasteiger partial charge < -0.3 is 24.4 Å². The fourth-order valence-electron chi connectivity index (χ4n) is 2.89. The minimum Gasteiger partial charge on any atom is -0.507 e. The first-order chi connectivity index (χ1) is 12.8. The Morgan fingerprint density at radius 2 is 2.07 bits per heavy atom. The minimum atomic E-state index is -0.983. The molecule has 1 heterocycles. The highest BCUT2D eigenvalue weighted by Gasteiger charge is 2.28. The standard InChI is InChI=1S/C20H24O7/c1-11(7-13(25-3)8-12(2)19(22)23)5-6-14-17(26-4)9-15-16(18(14)21)10-27-20(15)24/h5,8-9,13,21H,6-7,10H2,1-4H3,(H,22,23)/b11-5+,12-8+/t13-/m0/s1. The molecular weight excluding hydrogens is 352 g/mol. The Morgan fingerprint density at radius 3 is 2.67 bits per heavy atom. The summed E-state index contributed by atoms with van der Waals surface area (Å²) in [4.78, 5) is 22.6. The van der Waals surface area contributed by atoms with Gasteiger partial charge in [0.05, 0.1) is 18.8 Å². The largest absolute Gasteiger partial charge is 0.507 e. The number of esters is 1. The summed E-state index contributed by atoms with van der Waals surface area (Å²) in [5.74, 6) is -1.04. The van der Waals surface area contributed by atoms with Gasteiger partial charge in [-0.05, 0) is 38.8 Å². The second-order valence-corrected chi connectivity index (χ2v) is 6.40. The molecule has 2 rings (SSSR count). The number of hydrogen-bond acceptors (Lipinski definition) is 6. The number of ether oxygens (including phenoxy) is 3. The molecule has 0 amide bonds. The van der Waals surface area contributed by atoms with Gasteiger partial charge in [-0.3, -0.25) is 0 Å². The van der Waals surface area contributed by atoms with E-state index in [1.807, 2.05) is 13.0 Å². The minimum absolute atomic E-state index is 0.00385. The lowest BCUT2D eigenvalue weighted by molar-refractivity contribution is -0.132. The number of benzene rings is 1. The van der Waals surface area contributed by atoms with Crippen molar-refractivity contribution in [2.45, 2.75) is 39.4 Å². The third-order valence-electron chi connectivity index (χ3n) is 4.51. The van der Waals surface area contributed by atoms with Crippen molar-refractivity contribution in [1.82, 2.24) is 0 Å². The number of rotatable bonds is 8. The van der Waals surface area contributed by atoms with Crippen LogP contribution in [0.2, 0.25) is 0 Å². The fraction of sp³-hybridized carbons (Fsp3) is 0.400. The van der Waals surface area contributed by atoms with Gasteiger partial charge in [0, 0.05) is 23.8 Å². The van der Waals surface area contributed by atoms with Gasteiger partial charge in [-0.1, -0.05) is 11.6 Å². The van der Waals surface area contributed by atoms with Crippen LogP contribution in [-0.4, -0.2) is 42.5 Å². The predicted molar refractivity (Wildman–Crippen MR) is 98.0 cm³/mol. The van der Waals surface area contributed by atoms with Crippen LogP contribution in [0.4, 0.5) is 0 Å². The highest BCUT2D eigenvalue weighted by Crippen LogP contribution is 2.38. The maximum atomic E-state index is 11.7. The Morgan fingerprint density at radius 1 is 1.37 bits per heavy atom. The number of methoxy groups -OCH3 is 2. The second-order valence-electron chi connectivity index (χ2n) is 6.40. The first kappa shape index (κ1) is 20.5. The summed E-state index contributed by atoms with van der Waals surface area (Å²) in [5.41, 5.74) is 2.54. The number of phenolic OH excluding ortho intramolecular Hbond substituents is 1. The van der Waals surface area contributed by atoms with E-state index in [9.17, 15) is 14.7 Å². The highest BCUT2D eigenvalue weighted by molar-refractivity contribution is 5.95. The number of aromatic hydroxyl groups is 1. The van der Waals surface area contributed by atoms with E-state index in [1.54, 1.807) is 12.1 Å². The number of phenols is 1. The van der Waals surface area contributed by atoms with E-state index in [0.717, 1.165) is 5.57 Å². The van der Waals surface area contributed by atoms with E-state index in [-0.39, 0.29) is 24.0 Å². The first-order valence-corrected chi connectivity index (χ1v) is 8.47. The zero-order valence-corrected chi connectivity index (χ0v) is 15.9. The van der Waals surface area contributed by atoms with Gasteiger partial charge >= 0.3 is 11.9 Å². The molecule has 0 aliphatic carbocycles. The van der Waals surface area contributed by atoms with Crippen molar-refractivity contribution in [3.8, 4) is 11.5 Å². The lowest BCUT2D eigenvalue weighted by Gasteiger charge is -2.14. The maximum Gasteiger partial charge on any atom is 0.339 e. The molecular formula is C20H24O7. The van der Waals surface area contributed by atoms with Gasteiger partial charge in [0.25, 0.3) is 0 Å². The molecule has 7 nitrogen and oxygen atoms in total. The number of fused-ring (bicyclic) bond motifs is 1. The van der Waals surface area contributed by atoms with Crippen LogP contribution in [0.15, 0.2) is 29.4 Å². The molecule has 1 aliphatic rings. The topological polar surface area (TPSA) is 102 Å². The van der Waals surface area contributed by atoms with Gasteiger partial charge in [0.15, 0.2) is 0 Å². The number of carboxylic acids is 1. The van der Waals surface area contributed by atoms with Crippen LogP contribution in [0, 0.1) is 0 Å². The Bertz CT molecular complexity index is 805. The number of hydrogen-bond donors (Lipinski definition) is 2. The molecule has 27 heavy (non-hydrogen) atoms. The number of carbonyl (C=O) groups is 2. The molecule has 0 bridgehead atoms. The first-order valence-electron chi connectivity index (χ1n) is 8.47. The van der Waals surface area contributed by atoms with Crippen LogP contribution in [-0.2, 0) is 27.3 Å². The van der Waals surface area contributed by atoms with Crippen LogP contribution in [0.3, 0.4) is 0 Å². The highest BCUT2D eigenvalue weighted by atomic mass is 16.5. The monoisotopic (exact) mass is 376 g/mol. The Labute approximate surface area is 157 Å². The molecule has 0 fully saturated rings. The zero-order chi connectivity index (χ0) is 20.1. The lowest BCUT2D eigenvalue weighted by atomic mass is 9.98. The van der Waals surface area contributed by atoms with Crippen molar-refractivity contribution < 1.29 is 34.0 Å². The van der Waals surface area contributed by atoms with Crippen molar-refractivity contribution in [1.29, 1.82) is 0 Å². The van der Waals surface area contributed by atoms with E-state index in [4.69, 9.17) is 19.3 Å². The molecule has 0 unspecified atom stereocenters. The van der Waals surface area contributed by atoms with Crippen molar-refractivity contribution in [3.63, 3.8) is 0 Å². The average molecular weight is 376 g/mol. The van der Waals surface area contributed by atoms with Crippen molar-refractivity contribution in [2.24, 2.45) is 0 Å². The van der Waals surface area contributed by atoms with Crippen molar-refractivity contribution in [2.75, 3.05) is 14.2 Å². The third kappa shape index (κ3) is 4.68. The number of carbonyl (C=O) groups excluding carboxylic acids is 1. The smallest absolute Gasteiger partial charge is 0.339 e. The maximum absolute atomic E-state index is 11.7. The van der Waals surface area contributed by atoms with E-state index < -0.39 is 11.9 Å². The fourth-order valence-corrected chi connectivity index (χ4v) is 2.89. The SMILES string of the molecule is COc1cc2c(c(O)c1C/C=C(\C)C[C@@H](/C=C(\C)C(=O)O)OC)COC2=O. The molecule has 1 atom stereocenters. The molecule has 0 radical (unpaired) electrons. The number of allylic oxidation sites excluding steroid dienone is 1. The van der Waals surface area contributed by atoms with E-state index in [1.165, 1.54) is 21.1 Å². The number of cyclic esters (lactones) is 1. The van der Waals surface area contributed by atoms with Crippen LogP contribution < -0.4 is 4.74 Å². The normalized spacial score (nSPS) is 15.3. The molecule has 0 aromatic heterocycles. The summed E-state index contributed by atoms with van der Waals surface area (Å²) in [6.45, 7) is 3.47. The van der Waals surface area contributed by atoms with Crippen molar-refractivity contribution in [3.05, 3.63) is 46.1 Å². The van der Waals surface area contributed by atoms with Crippen LogP contribution in [0.5, 0.6) is 11.5 Å². The zero-order valence-electron chi connectivity index (χ0n) is 15.9. The molecule has 146 valence electrons. The predicted octanol–water partition coefficient (Wildman–Crippen LogP) is 3.00. The molecule has 1 aliphatic heterocycles. The Kier molecular flexibility index (Phi) is 6.63. The second kappa shape index (κ2) is 8.73. The molecule has 1 aromatic carbocycles. The van der Waals surface area contributed by atoms with Crippen LogP contribution >= 0.6 is 0 Å². The third-order valence-corrected chi connectivity index (χ3v) is 4.51. The average Bonchev–Trinajstić information content (AvgIpc) is 3.00. The molecule has 0 saturated heterocycles. The number of carboxylic acid groups (broad SMARTS) is 1. The lowest BCUT2D eigenvalue weighted by Crippen LogP contribution is -2.10. The van der Waals surface area contributed by atoms with E-state index in [0.29, 0.717) is 35.3 Å². The number of aliphatic carboxylic acids is 1. The van der Waals surface area contributed by atoms with Gasteiger partial charge in [0.2, 0.25) is 0 Å². The molecule has 2 N–H and O–H groups in total. The molecule has 0 spiro atoms. The summed E-state index contributed by atoms with van der Waals surface area (Å²) in [6, 6.07) is 1.58. The summed E-state index contributed by atoms with van der Waals surface area (Å²) in [7, 11) is 3.00. The van der Waals surface area contributed by atoms with Gasteiger partial charge in [-0.15, -0.1) is 0 Å². The van der Waals surface area contributed by atoms with Gasteiger partial charge in [-0.25, -0.2) is 9.59 Å². The molecule has 7 heteroatoms. The quantitative estimate of drug-likeness (QED) is 0.408. The van der Waals surface area contributed by atoms with Gasteiger partial charge in [0.1, 0.15) is 18.1 Å². The summed E-state index contributed by atoms with van der Waals surface area (Å²) in [5, 5.41) is 19.5. The Balaban J connectivity index is 2.21. The van der Waals surface area contributed by atoms with Crippen molar-refractivity contribution >= 4 is 11.9 Å². The van der Waals surface area contributed by atoms with E-state index >= 15 is 0 Å². The Hall–Kier alpha value is -2.80. The summed E-state index contributed by atoms with van der Waals surface area (Å²) < 4.78 is 15.6. The summed E-state index contributed by atoms with van der Waals surface area (Å²) in [6.07, 6.45) is 4.02. The van der Waals surface area contributed by atoms with E-state index in [2.05, 4.69) is 0 Å².